The first-order valence-corrected chi connectivity index (χ1v) is 8.46. The first-order valence-electron chi connectivity index (χ1n) is 8.46. The Morgan fingerprint density at radius 3 is 2.62 bits per heavy atom. The molecule has 0 aromatic heterocycles. The highest BCUT2D eigenvalue weighted by Gasteiger charge is 2.42. The summed E-state index contributed by atoms with van der Waals surface area (Å²) in [5, 5.41) is 12.8. The second-order valence-electron chi connectivity index (χ2n) is 7.44. The zero-order valence-corrected chi connectivity index (χ0v) is 15.5. The average molecular weight is 353 g/mol. The Morgan fingerprint density at radius 1 is 1.27 bits per heavy atom. The molecule has 2 aliphatic rings. The summed E-state index contributed by atoms with van der Waals surface area (Å²) in [7, 11) is 3.13. The quantitative estimate of drug-likeness (QED) is 0.867. The van der Waals surface area contributed by atoms with Crippen LogP contribution in [-0.4, -0.2) is 20.0 Å². The van der Waals surface area contributed by atoms with Gasteiger partial charge >= 0.3 is 0 Å². The van der Waals surface area contributed by atoms with E-state index in [4.69, 9.17) is 15.2 Å². The fourth-order valence-electron chi connectivity index (χ4n) is 3.81. The molecule has 1 atom stereocenters. The molecule has 0 fully saturated rings. The number of dihydropyridines is 1. The van der Waals surface area contributed by atoms with Gasteiger partial charge in [-0.2, -0.15) is 5.26 Å². The predicted molar refractivity (Wildman–Crippen MR) is 97.3 cm³/mol. The number of rotatable bonds is 3. The number of ketones is 1. The number of nitrogens with two attached hydrogens (primary N) is 1. The molecule has 1 aliphatic heterocycles. The van der Waals surface area contributed by atoms with Gasteiger partial charge in [-0.1, -0.05) is 13.8 Å². The lowest BCUT2D eigenvalue weighted by atomic mass is 9.69. The Morgan fingerprint density at radius 2 is 2.00 bits per heavy atom. The van der Waals surface area contributed by atoms with Crippen LogP contribution in [0.4, 0.5) is 0 Å². The summed E-state index contributed by atoms with van der Waals surface area (Å²) in [6.45, 7) is 4.11. The largest absolute Gasteiger partial charge is 0.497 e. The third-order valence-electron chi connectivity index (χ3n) is 4.94. The van der Waals surface area contributed by atoms with E-state index in [0.717, 1.165) is 5.70 Å². The van der Waals surface area contributed by atoms with E-state index in [0.29, 0.717) is 41.1 Å². The molecule has 1 aliphatic carbocycles. The number of hydrogen-bond acceptors (Lipinski definition) is 6. The van der Waals surface area contributed by atoms with Crippen LogP contribution in [0, 0.1) is 16.7 Å². The van der Waals surface area contributed by atoms with Gasteiger partial charge in [-0.25, -0.2) is 0 Å². The van der Waals surface area contributed by atoms with Crippen LogP contribution < -0.4 is 20.5 Å². The van der Waals surface area contributed by atoms with Crippen molar-refractivity contribution in [3.8, 4) is 17.6 Å². The van der Waals surface area contributed by atoms with Gasteiger partial charge in [0.25, 0.3) is 0 Å². The molecule has 3 rings (SSSR count). The van der Waals surface area contributed by atoms with Gasteiger partial charge in [-0.3, -0.25) is 4.79 Å². The molecule has 0 spiro atoms. The summed E-state index contributed by atoms with van der Waals surface area (Å²) >= 11 is 0. The van der Waals surface area contributed by atoms with E-state index >= 15 is 0 Å². The molecule has 1 aromatic carbocycles. The van der Waals surface area contributed by atoms with Gasteiger partial charge in [0, 0.05) is 23.3 Å². The molecule has 6 heteroatoms. The lowest BCUT2D eigenvalue weighted by Crippen LogP contribution is -2.39. The third kappa shape index (κ3) is 2.90. The van der Waals surface area contributed by atoms with Crippen molar-refractivity contribution in [1.82, 2.24) is 5.32 Å². The standard InChI is InChI=1S/C20H23N3O3/c1-20(2)8-14-18(15(24)9-20)17(13(10-21)19(22)23-14)12-7-11(25-3)5-6-16(12)26-4/h5-7,17,23H,8-9,22H2,1-4H3. The first kappa shape index (κ1) is 17.9. The number of Topliss-reactive ketones (excluding diaryl/α,β-unsaturated/α-hetero) is 1. The van der Waals surface area contributed by atoms with E-state index < -0.39 is 5.92 Å². The molecule has 26 heavy (non-hydrogen) atoms. The van der Waals surface area contributed by atoms with E-state index in [1.165, 1.54) is 0 Å². The van der Waals surface area contributed by atoms with Crippen molar-refractivity contribution in [2.24, 2.45) is 11.1 Å². The maximum absolute atomic E-state index is 13.0. The lowest BCUT2D eigenvalue weighted by molar-refractivity contribution is -0.118. The number of nitriles is 1. The van der Waals surface area contributed by atoms with Crippen LogP contribution in [0.25, 0.3) is 0 Å². The van der Waals surface area contributed by atoms with Gasteiger partial charge in [-0.15, -0.1) is 0 Å². The molecule has 0 radical (unpaired) electrons. The fraction of sp³-hybridized carbons (Fsp3) is 0.400. The van der Waals surface area contributed by atoms with E-state index in [1.54, 1.807) is 32.4 Å². The summed E-state index contributed by atoms with van der Waals surface area (Å²) in [5.74, 6) is 0.957. The zero-order chi connectivity index (χ0) is 19.1. The molecule has 0 amide bonds. The Balaban J connectivity index is 2.25. The Bertz CT molecular complexity index is 875. The van der Waals surface area contributed by atoms with Gasteiger partial charge < -0.3 is 20.5 Å². The minimum Gasteiger partial charge on any atom is -0.497 e. The van der Waals surface area contributed by atoms with Crippen molar-refractivity contribution >= 4 is 5.78 Å². The Labute approximate surface area is 153 Å². The van der Waals surface area contributed by atoms with Crippen molar-refractivity contribution in [3.05, 3.63) is 46.4 Å². The van der Waals surface area contributed by atoms with Crippen molar-refractivity contribution in [1.29, 1.82) is 5.26 Å². The summed E-state index contributed by atoms with van der Waals surface area (Å²) in [4.78, 5) is 13.0. The monoisotopic (exact) mass is 353 g/mol. The fourth-order valence-corrected chi connectivity index (χ4v) is 3.81. The van der Waals surface area contributed by atoms with Crippen LogP contribution in [0.5, 0.6) is 11.5 Å². The van der Waals surface area contributed by atoms with Gasteiger partial charge in [0.15, 0.2) is 5.78 Å². The van der Waals surface area contributed by atoms with E-state index in [9.17, 15) is 10.1 Å². The predicted octanol–water partition coefficient (Wildman–Crippen LogP) is 2.73. The van der Waals surface area contributed by atoms with Gasteiger partial charge in [0.2, 0.25) is 0 Å². The Kier molecular flexibility index (Phi) is 4.41. The molecule has 1 heterocycles. The second kappa shape index (κ2) is 6.41. The van der Waals surface area contributed by atoms with Gasteiger partial charge in [0.1, 0.15) is 17.3 Å². The highest BCUT2D eigenvalue weighted by molar-refractivity contribution is 6.00. The van der Waals surface area contributed by atoms with E-state index in [2.05, 4.69) is 25.2 Å². The van der Waals surface area contributed by atoms with Crippen LogP contribution in [0.1, 0.15) is 38.2 Å². The summed E-state index contributed by atoms with van der Waals surface area (Å²) in [6.07, 6.45) is 1.12. The highest BCUT2D eigenvalue weighted by atomic mass is 16.5. The number of carbonyl (C=O) groups is 1. The number of hydrogen-bond donors (Lipinski definition) is 2. The summed E-state index contributed by atoms with van der Waals surface area (Å²) < 4.78 is 10.8. The number of carbonyl (C=O) groups excluding carboxylic acids is 1. The molecular weight excluding hydrogens is 330 g/mol. The SMILES string of the molecule is COc1ccc(OC)c(C2C(C#N)=C(N)NC3=C2C(=O)CC(C)(C)C3)c1. The van der Waals surface area contributed by atoms with Crippen LogP contribution >= 0.6 is 0 Å². The molecular formula is C20H23N3O3. The van der Waals surface area contributed by atoms with Crippen molar-refractivity contribution in [2.45, 2.75) is 32.6 Å². The normalized spacial score (nSPS) is 21.7. The molecule has 1 aromatic rings. The van der Waals surface area contributed by atoms with E-state index in [1.807, 2.05) is 0 Å². The number of allylic oxidation sites excluding steroid dienone is 3. The van der Waals surface area contributed by atoms with Crippen molar-refractivity contribution in [3.63, 3.8) is 0 Å². The number of nitrogens with one attached hydrogen (secondary N) is 1. The molecule has 6 nitrogen and oxygen atoms in total. The van der Waals surface area contributed by atoms with Crippen LogP contribution in [0.2, 0.25) is 0 Å². The molecule has 136 valence electrons. The Hall–Kier alpha value is -2.94. The summed E-state index contributed by atoms with van der Waals surface area (Å²) in [6, 6.07) is 7.54. The third-order valence-corrected chi connectivity index (χ3v) is 4.94. The highest BCUT2D eigenvalue weighted by Crippen LogP contribution is 2.48. The van der Waals surface area contributed by atoms with Gasteiger partial charge in [-0.05, 0) is 30.0 Å². The molecule has 3 N–H and O–H groups in total. The van der Waals surface area contributed by atoms with Crippen LogP contribution in [0.3, 0.4) is 0 Å². The minimum absolute atomic E-state index is 0.0267. The minimum atomic E-state index is -0.565. The summed E-state index contributed by atoms with van der Waals surface area (Å²) in [5.41, 5.74) is 8.41. The number of nitrogens with zero attached hydrogens (tertiary/aromatic N) is 1. The average Bonchev–Trinajstić information content (AvgIpc) is 2.58. The van der Waals surface area contributed by atoms with Crippen molar-refractivity contribution in [2.75, 3.05) is 14.2 Å². The smallest absolute Gasteiger partial charge is 0.162 e. The molecule has 0 bridgehead atoms. The van der Waals surface area contributed by atoms with Crippen LogP contribution in [0.15, 0.2) is 40.9 Å². The number of methoxy groups -OCH3 is 2. The lowest BCUT2D eigenvalue weighted by Gasteiger charge is -2.38. The topological polar surface area (TPSA) is 97.4 Å². The van der Waals surface area contributed by atoms with Crippen LogP contribution in [-0.2, 0) is 4.79 Å². The zero-order valence-electron chi connectivity index (χ0n) is 15.5. The maximum atomic E-state index is 13.0. The number of ether oxygens (including phenoxy) is 2. The van der Waals surface area contributed by atoms with Crippen molar-refractivity contribution < 1.29 is 14.3 Å². The molecule has 0 saturated carbocycles. The first-order chi connectivity index (χ1) is 12.3. The second-order valence-corrected chi connectivity index (χ2v) is 7.44. The maximum Gasteiger partial charge on any atom is 0.162 e. The number of benzene rings is 1. The molecule has 0 saturated heterocycles. The van der Waals surface area contributed by atoms with E-state index in [-0.39, 0.29) is 17.0 Å². The molecule has 1 unspecified atom stereocenters. The van der Waals surface area contributed by atoms with Gasteiger partial charge in [0.05, 0.1) is 31.8 Å².